The van der Waals surface area contributed by atoms with Crippen molar-refractivity contribution in [3.05, 3.63) is 104 Å². The maximum absolute atomic E-state index is 12.6. The van der Waals surface area contributed by atoms with Gasteiger partial charge in [0.15, 0.2) is 5.65 Å². The zero-order chi connectivity index (χ0) is 21.8. The molecule has 0 radical (unpaired) electrons. The molecule has 5 rings (SSSR count). The number of carbonyl (C=O) groups is 1. The molecule has 0 unspecified atom stereocenters. The van der Waals surface area contributed by atoms with E-state index in [1.54, 1.807) is 36.5 Å². The number of aromatic nitrogens is 3. The number of ether oxygens (including phenoxy) is 2. The van der Waals surface area contributed by atoms with Gasteiger partial charge in [-0.05, 0) is 54.6 Å². The van der Waals surface area contributed by atoms with E-state index in [4.69, 9.17) is 9.47 Å². The van der Waals surface area contributed by atoms with Crippen LogP contribution in [0.25, 0.3) is 11.0 Å². The molecule has 2 aromatic heterocycles. The average molecular weight is 422 g/mol. The van der Waals surface area contributed by atoms with Gasteiger partial charge in [-0.3, -0.25) is 0 Å². The smallest absolute Gasteiger partial charge is 0.425 e. The minimum atomic E-state index is -0.543. The van der Waals surface area contributed by atoms with Gasteiger partial charge >= 0.3 is 6.09 Å². The Bertz CT molecular complexity index is 1350. The summed E-state index contributed by atoms with van der Waals surface area (Å²) in [6, 6.07) is 27.8. The van der Waals surface area contributed by atoms with Crippen LogP contribution in [-0.2, 0) is 0 Å². The lowest BCUT2D eigenvalue weighted by Gasteiger charge is -2.09. The molecule has 0 aliphatic carbocycles. The minimum absolute atomic E-state index is 0.451. The number of carbonyl (C=O) groups excluding carboxylic acids is 1. The quantitative estimate of drug-likeness (QED) is 0.373. The molecule has 0 spiro atoms. The fraction of sp³-hybridized carbons (Fsp3) is 0. The van der Waals surface area contributed by atoms with Crippen LogP contribution >= 0.6 is 0 Å². The largest absolute Gasteiger partial charge is 0.457 e. The summed E-state index contributed by atoms with van der Waals surface area (Å²) in [6.07, 6.45) is 2.48. The van der Waals surface area contributed by atoms with Gasteiger partial charge < -0.3 is 14.8 Å². The molecule has 0 aliphatic rings. The van der Waals surface area contributed by atoms with Crippen molar-refractivity contribution in [1.82, 2.24) is 14.5 Å². The summed E-state index contributed by atoms with van der Waals surface area (Å²) in [4.78, 5) is 21.2. The number of benzene rings is 3. The minimum Gasteiger partial charge on any atom is -0.457 e. The van der Waals surface area contributed by atoms with Crippen molar-refractivity contribution < 1.29 is 14.3 Å². The Kier molecular flexibility index (Phi) is 5.20. The van der Waals surface area contributed by atoms with Crippen molar-refractivity contribution in [2.45, 2.75) is 0 Å². The van der Waals surface area contributed by atoms with Crippen LogP contribution in [0.15, 0.2) is 104 Å². The summed E-state index contributed by atoms with van der Waals surface area (Å²) >= 11 is 0. The molecule has 2 heterocycles. The van der Waals surface area contributed by atoms with E-state index in [-0.39, 0.29) is 0 Å². The van der Waals surface area contributed by atoms with Crippen LogP contribution in [0, 0.1) is 0 Å². The third-order valence-corrected chi connectivity index (χ3v) is 4.72. The van der Waals surface area contributed by atoms with E-state index in [0.717, 1.165) is 17.2 Å². The fourth-order valence-electron chi connectivity index (χ4n) is 3.20. The van der Waals surface area contributed by atoms with Gasteiger partial charge in [-0.1, -0.05) is 36.4 Å². The first kappa shape index (κ1) is 19.3. The van der Waals surface area contributed by atoms with E-state index in [1.165, 1.54) is 10.9 Å². The molecule has 0 saturated carbocycles. The molecule has 0 bridgehead atoms. The first-order valence-electron chi connectivity index (χ1n) is 9.95. The van der Waals surface area contributed by atoms with E-state index in [2.05, 4.69) is 15.3 Å². The van der Waals surface area contributed by atoms with Gasteiger partial charge in [0.1, 0.15) is 29.4 Å². The number of nitrogens with one attached hydrogen (secondary N) is 1. The zero-order valence-electron chi connectivity index (χ0n) is 16.9. The Labute approximate surface area is 183 Å². The summed E-state index contributed by atoms with van der Waals surface area (Å²) in [5, 5.41) is 3.96. The molecule has 32 heavy (non-hydrogen) atoms. The lowest BCUT2D eigenvalue weighted by molar-refractivity contribution is 0.203. The summed E-state index contributed by atoms with van der Waals surface area (Å²) < 4.78 is 12.6. The van der Waals surface area contributed by atoms with Crippen molar-refractivity contribution in [3.63, 3.8) is 0 Å². The lowest BCUT2D eigenvalue weighted by atomic mass is 10.3. The molecule has 0 fully saturated rings. The second-order valence-electron chi connectivity index (χ2n) is 6.89. The first-order valence-corrected chi connectivity index (χ1v) is 9.95. The highest BCUT2D eigenvalue weighted by atomic mass is 16.6. The molecular formula is C25H18N4O3. The molecule has 0 aliphatic heterocycles. The molecule has 0 amide bonds. The van der Waals surface area contributed by atoms with E-state index in [0.29, 0.717) is 22.6 Å². The highest BCUT2D eigenvalue weighted by Gasteiger charge is 2.15. The monoisotopic (exact) mass is 422 g/mol. The number of para-hydroxylation sites is 2. The van der Waals surface area contributed by atoms with Crippen LogP contribution in [0.5, 0.6) is 17.2 Å². The van der Waals surface area contributed by atoms with Gasteiger partial charge in [0.05, 0.1) is 5.39 Å². The zero-order valence-corrected chi connectivity index (χ0v) is 16.9. The number of nitrogens with zero attached hydrogens (tertiary/aromatic N) is 3. The third-order valence-electron chi connectivity index (χ3n) is 4.72. The molecule has 5 aromatic rings. The van der Waals surface area contributed by atoms with Gasteiger partial charge in [0.25, 0.3) is 0 Å². The van der Waals surface area contributed by atoms with Crippen molar-refractivity contribution >= 4 is 28.6 Å². The van der Waals surface area contributed by atoms with Crippen LogP contribution in [0.4, 0.5) is 16.3 Å². The molecule has 7 nitrogen and oxygen atoms in total. The van der Waals surface area contributed by atoms with Gasteiger partial charge in [-0.15, -0.1) is 0 Å². The highest BCUT2D eigenvalue weighted by Crippen LogP contribution is 2.27. The molecule has 156 valence electrons. The normalized spacial score (nSPS) is 10.6. The predicted molar refractivity (Wildman–Crippen MR) is 122 cm³/mol. The standard InChI is InChI=1S/C25H18N4O3/c30-25(32-20-9-5-2-6-10-20)29-16-15-22-23(26-17-27-24(22)29)28-18-11-13-21(14-12-18)31-19-7-3-1-4-8-19/h1-17H,(H,26,27,28). The van der Waals surface area contributed by atoms with E-state index >= 15 is 0 Å². The number of hydrogen-bond donors (Lipinski definition) is 1. The maximum atomic E-state index is 12.6. The molecule has 0 saturated heterocycles. The van der Waals surface area contributed by atoms with Crippen molar-refractivity contribution in [2.24, 2.45) is 0 Å². The van der Waals surface area contributed by atoms with Gasteiger partial charge in [0.2, 0.25) is 0 Å². The SMILES string of the molecule is O=C(Oc1ccccc1)n1ccc2c(Nc3ccc(Oc4ccccc4)cc3)ncnc21. The van der Waals surface area contributed by atoms with Crippen molar-refractivity contribution in [2.75, 3.05) is 5.32 Å². The van der Waals surface area contributed by atoms with Crippen molar-refractivity contribution in [3.8, 4) is 17.2 Å². The summed E-state index contributed by atoms with van der Waals surface area (Å²) in [5.41, 5.74) is 1.28. The Hall–Kier alpha value is -4.65. The Balaban J connectivity index is 1.34. The van der Waals surface area contributed by atoms with Crippen LogP contribution < -0.4 is 14.8 Å². The first-order chi connectivity index (χ1) is 15.8. The fourth-order valence-corrected chi connectivity index (χ4v) is 3.20. The molecule has 1 N–H and O–H groups in total. The Morgan fingerprint density at radius 2 is 1.41 bits per heavy atom. The second kappa shape index (κ2) is 8.61. The van der Waals surface area contributed by atoms with E-state index < -0.39 is 6.09 Å². The topological polar surface area (TPSA) is 78.3 Å². The van der Waals surface area contributed by atoms with E-state index in [9.17, 15) is 4.79 Å². The lowest BCUT2D eigenvalue weighted by Crippen LogP contribution is -2.16. The predicted octanol–water partition coefficient (Wildman–Crippen LogP) is 6.01. The van der Waals surface area contributed by atoms with Gasteiger partial charge in [0, 0.05) is 11.9 Å². The highest BCUT2D eigenvalue weighted by molar-refractivity contribution is 5.94. The number of rotatable bonds is 5. The molecule has 7 heteroatoms. The van der Waals surface area contributed by atoms with Crippen LogP contribution in [-0.4, -0.2) is 20.6 Å². The van der Waals surface area contributed by atoms with Gasteiger partial charge in [-0.25, -0.2) is 19.3 Å². The van der Waals surface area contributed by atoms with Crippen molar-refractivity contribution in [1.29, 1.82) is 0 Å². The van der Waals surface area contributed by atoms with Gasteiger partial charge in [-0.2, -0.15) is 0 Å². The van der Waals surface area contributed by atoms with Crippen LogP contribution in [0.2, 0.25) is 0 Å². The van der Waals surface area contributed by atoms with Crippen LogP contribution in [0.3, 0.4) is 0 Å². The average Bonchev–Trinajstić information content (AvgIpc) is 3.27. The number of fused-ring (bicyclic) bond motifs is 1. The summed E-state index contributed by atoms with van der Waals surface area (Å²) in [6.45, 7) is 0. The molecule has 3 aromatic carbocycles. The Morgan fingerprint density at radius 3 is 2.12 bits per heavy atom. The summed E-state index contributed by atoms with van der Waals surface area (Å²) in [7, 11) is 0. The van der Waals surface area contributed by atoms with Crippen LogP contribution in [0.1, 0.15) is 0 Å². The molecule has 0 atom stereocenters. The van der Waals surface area contributed by atoms with E-state index in [1.807, 2.05) is 60.7 Å². The maximum Gasteiger partial charge on any atom is 0.425 e. The third kappa shape index (κ3) is 4.13. The Morgan fingerprint density at radius 1 is 0.750 bits per heavy atom. The number of hydrogen-bond acceptors (Lipinski definition) is 6. The molecular weight excluding hydrogens is 404 g/mol. The number of anilines is 2. The second-order valence-corrected chi connectivity index (χ2v) is 6.89. The summed E-state index contributed by atoms with van der Waals surface area (Å²) in [5.74, 6) is 2.54.